The number of carbonyl (C=O) groups excluding carboxylic acids is 1. The fourth-order valence-electron chi connectivity index (χ4n) is 3.39. The van der Waals surface area contributed by atoms with Crippen molar-refractivity contribution in [3.05, 3.63) is 64.9 Å². The zero-order chi connectivity index (χ0) is 17.8. The lowest BCUT2D eigenvalue weighted by Crippen LogP contribution is -2.32. The molecule has 0 aromatic heterocycles. The molecule has 1 heterocycles. The minimum absolute atomic E-state index is 0. The number of halogens is 3. The van der Waals surface area contributed by atoms with Crippen LogP contribution in [0.3, 0.4) is 0 Å². The minimum atomic E-state index is -0.431. The number of rotatable bonds is 5. The van der Waals surface area contributed by atoms with Gasteiger partial charge in [-0.15, -0.1) is 12.4 Å². The van der Waals surface area contributed by atoms with Crippen molar-refractivity contribution in [2.24, 2.45) is 11.7 Å². The molecule has 2 aromatic carbocycles. The van der Waals surface area contributed by atoms with Crippen LogP contribution in [0.5, 0.6) is 0 Å². The lowest BCUT2D eigenvalue weighted by atomic mass is 9.89. The average molecular weight is 398 g/mol. The number of likely N-dealkylation sites (tertiary alicyclic amines) is 1. The Kier molecular flexibility index (Phi) is 7.41. The van der Waals surface area contributed by atoms with Gasteiger partial charge in [-0.1, -0.05) is 41.9 Å². The van der Waals surface area contributed by atoms with Crippen LogP contribution in [0.4, 0.5) is 10.1 Å². The summed E-state index contributed by atoms with van der Waals surface area (Å²) in [7, 11) is 0. The first-order chi connectivity index (χ1) is 12.1. The van der Waals surface area contributed by atoms with Crippen molar-refractivity contribution in [2.75, 3.05) is 31.5 Å². The van der Waals surface area contributed by atoms with E-state index in [4.69, 9.17) is 17.3 Å². The summed E-state index contributed by atoms with van der Waals surface area (Å²) in [6.45, 7) is 2.41. The van der Waals surface area contributed by atoms with E-state index < -0.39 is 5.82 Å². The van der Waals surface area contributed by atoms with E-state index in [9.17, 15) is 9.18 Å². The van der Waals surface area contributed by atoms with E-state index in [1.165, 1.54) is 23.8 Å². The first-order valence-electron chi connectivity index (χ1n) is 8.29. The number of nitrogens with two attached hydrogens (primary N) is 1. The van der Waals surface area contributed by atoms with Crippen LogP contribution >= 0.6 is 24.0 Å². The van der Waals surface area contributed by atoms with Crippen molar-refractivity contribution in [3.63, 3.8) is 0 Å². The van der Waals surface area contributed by atoms with Crippen molar-refractivity contribution in [2.45, 2.75) is 5.92 Å². The van der Waals surface area contributed by atoms with E-state index in [2.05, 4.69) is 22.3 Å². The zero-order valence-electron chi connectivity index (χ0n) is 14.2. The molecule has 0 spiro atoms. The second-order valence-electron chi connectivity index (χ2n) is 6.38. The molecule has 1 aliphatic heterocycles. The van der Waals surface area contributed by atoms with Crippen molar-refractivity contribution in [3.8, 4) is 0 Å². The topological polar surface area (TPSA) is 58.4 Å². The van der Waals surface area contributed by atoms with Crippen LogP contribution in [0.1, 0.15) is 11.5 Å². The monoisotopic (exact) mass is 397 g/mol. The van der Waals surface area contributed by atoms with Crippen LogP contribution in [-0.4, -0.2) is 37.0 Å². The molecule has 1 saturated heterocycles. The van der Waals surface area contributed by atoms with Gasteiger partial charge in [0.2, 0.25) is 5.91 Å². The fraction of sp³-hybridized carbons (Fsp3) is 0.316. The van der Waals surface area contributed by atoms with E-state index in [-0.39, 0.29) is 29.9 Å². The van der Waals surface area contributed by atoms with Gasteiger partial charge in [-0.05, 0) is 36.2 Å². The molecule has 7 heteroatoms. The summed E-state index contributed by atoms with van der Waals surface area (Å²) in [6, 6.07) is 14.2. The molecular formula is C19H22Cl2FN3O. The van der Waals surface area contributed by atoms with Crippen molar-refractivity contribution < 1.29 is 9.18 Å². The third-order valence-corrected chi connectivity index (χ3v) is 4.93. The number of anilines is 1. The lowest BCUT2D eigenvalue weighted by molar-refractivity contribution is -0.117. The molecule has 1 aliphatic rings. The quantitative estimate of drug-likeness (QED) is 0.811. The Morgan fingerprint density at radius 1 is 1.23 bits per heavy atom. The number of nitrogens with zero attached hydrogens (tertiary/aromatic N) is 1. The van der Waals surface area contributed by atoms with E-state index in [1.807, 2.05) is 18.2 Å². The first kappa shape index (κ1) is 20.6. The largest absolute Gasteiger partial charge is 0.330 e. The normalized spacial score (nSPS) is 19.8. The lowest BCUT2D eigenvalue weighted by Gasteiger charge is -2.17. The van der Waals surface area contributed by atoms with Gasteiger partial charge >= 0.3 is 0 Å². The highest BCUT2D eigenvalue weighted by Gasteiger charge is 2.33. The Bertz CT molecular complexity index is 745. The Morgan fingerprint density at radius 2 is 1.96 bits per heavy atom. The minimum Gasteiger partial charge on any atom is -0.330 e. The molecule has 0 aliphatic carbocycles. The predicted octanol–water partition coefficient (Wildman–Crippen LogP) is 3.51. The third-order valence-electron chi connectivity index (χ3n) is 4.62. The van der Waals surface area contributed by atoms with Crippen LogP contribution in [-0.2, 0) is 4.79 Å². The number of hydrogen-bond acceptors (Lipinski definition) is 3. The maximum atomic E-state index is 13.1. The molecule has 3 rings (SSSR count). The molecule has 0 saturated carbocycles. The van der Waals surface area contributed by atoms with Gasteiger partial charge in [0, 0.05) is 19.0 Å². The zero-order valence-corrected chi connectivity index (χ0v) is 15.8. The van der Waals surface area contributed by atoms with Crippen LogP contribution in [0.15, 0.2) is 48.5 Å². The van der Waals surface area contributed by atoms with Crippen LogP contribution in [0, 0.1) is 11.7 Å². The van der Waals surface area contributed by atoms with Gasteiger partial charge in [0.05, 0.1) is 17.3 Å². The summed E-state index contributed by atoms with van der Waals surface area (Å²) in [5.74, 6) is 0.0510. The van der Waals surface area contributed by atoms with Gasteiger partial charge < -0.3 is 11.1 Å². The Morgan fingerprint density at radius 3 is 2.62 bits per heavy atom. The maximum absolute atomic E-state index is 13.1. The molecule has 2 aromatic rings. The van der Waals surface area contributed by atoms with Gasteiger partial charge in [0.1, 0.15) is 5.82 Å². The summed E-state index contributed by atoms with van der Waals surface area (Å²) in [5, 5.41) is 2.93. The van der Waals surface area contributed by atoms with Gasteiger partial charge in [-0.3, -0.25) is 9.69 Å². The molecule has 1 fully saturated rings. The first-order valence-corrected chi connectivity index (χ1v) is 8.67. The molecule has 4 nitrogen and oxygen atoms in total. The average Bonchev–Trinajstić information content (AvgIpc) is 3.01. The predicted molar refractivity (Wildman–Crippen MR) is 105 cm³/mol. The van der Waals surface area contributed by atoms with Gasteiger partial charge in [0.25, 0.3) is 0 Å². The highest BCUT2D eigenvalue weighted by Crippen LogP contribution is 2.32. The molecule has 0 bridgehead atoms. The number of nitrogens with one attached hydrogen (secondary N) is 1. The van der Waals surface area contributed by atoms with Crippen LogP contribution < -0.4 is 11.1 Å². The number of amides is 1. The van der Waals surface area contributed by atoms with Gasteiger partial charge in [0.15, 0.2) is 0 Å². The molecular weight excluding hydrogens is 376 g/mol. The fourth-order valence-corrected chi connectivity index (χ4v) is 3.60. The molecule has 0 radical (unpaired) electrons. The smallest absolute Gasteiger partial charge is 0.238 e. The maximum Gasteiger partial charge on any atom is 0.238 e. The van der Waals surface area contributed by atoms with Crippen molar-refractivity contribution in [1.82, 2.24) is 4.90 Å². The molecule has 1 amide bonds. The van der Waals surface area contributed by atoms with E-state index in [0.717, 1.165) is 13.1 Å². The SMILES string of the molecule is Cl.NC[C@@H]1CN(CC(=O)Nc2ccc(F)cc2Cl)C[C@H]1c1ccccc1. The summed E-state index contributed by atoms with van der Waals surface area (Å²) < 4.78 is 13.1. The van der Waals surface area contributed by atoms with Gasteiger partial charge in [-0.25, -0.2) is 4.39 Å². The second-order valence-corrected chi connectivity index (χ2v) is 6.79. The number of benzene rings is 2. The third kappa shape index (κ3) is 4.95. The highest BCUT2D eigenvalue weighted by atomic mass is 35.5. The van der Waals surface area contributed by atoms with Crippen LogP contribution in [0.25, 0.3) is 0 Å². The molecule has 140 valence electrons. The molecule has 2 atom stereocenters. The summed E-state index contributed by atoms with van der Waals surface area (Å²) in [5.41, 5.74) is 7.60. The summed E-state index contributed by atoms with van der Waals surface area (Å²) >= 11 is 5.95. The molecule has 26 heavy (non-hydrogen) atoms. The van der Waals surface area contributed by atoms with E-state index in [1.54, 1.807) is 0 Å². The summed E-state index contributed by atoms with van der Waals surface area (Å²) in [4.78, 5) is 14.4. The number of carbonyl (C=O) groups is 1. The molecule has 0 unspecified atom stereocenters. The number of hydrogen-bond donors (Lipinski definition) is 2. The Balaban J connectivity index is 0.00000243. The highest BCUT2D eigenvalue weighted by molar-refractivity contribution is 6.33. The van der Waals surface area contributed by atoms with E-state index >= 15 is 0 Å². The molecule has 3 N–H and O–H groups in total. The summed E-state index contributed by atoms with van der Waals surface area (Å²) in [6.07, 6.45) is 0. The Labute approximate surface area is 163 Å². The van der Waals surface area contributed by atoms with E-state index in [0.29, 0.717) is 24.1 Å². The van der Waals surface area contributed by atoms with Crippen molar-refractivity contribution in [1.29, 1.82) is 0 Å². The Hall–Kier alpha value is -1.66. The van der Waals surface area contributed by atoms with Crippen molar-refractivity contribution >= 4 is 35.6 Å². The van der Waals surface area contributed by atoms with Crippen LogP contribution in [0.2, 0.25) is 5.02 Å². The standard InChI is InChI=1S/C19H21ClFN3O.ClH/c20-17-8-15(21)6-7-18(17)23-19(25)12-24-10-14(9-22)16(11-24)13-4-2-1-3-5-13;/h1-8,14,16H,9-12,22H2,(H,23,25);1H/t14-,16+;/m1./s1. The second kappa shape index (κ2) is 9.33. The van der Waals surface area contributed by atoms with Gasteiger partial charge in [-0.2, -0.15) is 0 Å².